The molecule has 0 aliphatic heterocycles. The van der Waals surface area contributed by atoms with Gasteiger partial charge in [-0.15, -0.1) is 0 Å². The van der Waals surface area contributed by atoms with E-state index in [2.05, 4.69) is 20.7 Å². The maximum atomic E-state index is 12.3. The largest absolute Gasteiger partial charge is 0.289 e. The molecule has 0 bridgehead atoms. The van der Waals surface area contributed by atoms with Crippen LogP contribution in [0.4, 0.5) is 5.69 Å². The summed E-state index contributed by atoms with van der Waals surface area (Å²) in [5.74, 6) is -0.157. The van der Waals surface area contributed by atoms with Gasteiger partial charge >= 0.3 is 0 Å². The molecule has 0 unspecified atom stereocenters. The Balaban J connectivity index is 1.69. The molecule has 0 radical (unpaired) electrons. The van der Waals surface area contributed by atoms with E-state index >= 15 is 0 Å². The first-order valence-electron chi connectivity index (χ1n) is 8.10. The van der Waals surface area contributed by atoms with E-state index in [-0.39, 0.29) is 10.7 Å². The Morgan fingerprint density at radius 1 is 0.852 bits per heavy atom. The number of nitrogens with one attached hydrogen (secondary N) is 1. The SMILES string of the molecule is O=C(/C=C/c1ccc(Br)cc1)c1ccc(NS(=O)(=O)c2ccccc2)cc1. The molecular formula is C21H16BrNO3S. The number of hydrogen-bond donors (Lipinski definition) is 1. The first-order chi connectivity index (χ1) is 12.9. The highest BCUT2D eigenvalue weighted by Gasteiger charge is 2.13. The van der Waals surface area contributed by atoms with Crippen LogP contribution < -0.4 is 4.72 Å². The van der Waals surface area contributed by atoms with E-state index in [1.54, 1.807) is 48.5 Å². The van der Waals surface area contributed by atoms with Crippen LogP contribution in [0, 0.1) is 0 Å². The normalized spacial score (nSPS) is 11.4. The average molecular weight is 442 g/mol. The van der Waals surface area contributed by atoms with Crippen LogP contribution in [0.25, 0.3) is 6.08 Å². The number of allylic oxidation sites excluding steroid dienone is 1. The van der Waals surface area contributed by atoms with Crippen LogP contribution >= 0.6 is 15.9 Å². The third-order valence-electron chi connectivity index (χ3n) is 3.77. The molecule has 6 heteroatoms. The van der Waals surface area contributed by atoms with Gasteiger partial charge in [-0.25, -0.2) is 8.42 Å². The molecule has 3 aromatic carbocycles. The third kappa shape index (κ3) is 5.15. The summed E-state index contributed by atoms with van der Waals surface area (Å²) in [6.45, 7) is 0. The van der Waals surface area contributed by atoms with Crippen molar-refractivity contribution in [2.45, 2.75) is 4.90 Å². The quantitative estimate of drug-likeness (QED) is 0.425. The first-order valence-corrected chi connectivity index (χ1v) is 10.4. The predicted octanol–water partition coefficient (Wildman–Crippen LogP) is 5.15. The van der Waals surface area contributed by atoms with Crippen molar-refractivity contribution in [3.63, 3.8) is 0 Å². The van der Waals surface area contributed by atoms with Crippen LogP contribution in [0.1, 0.15) is 15.9 Å². The van der Waals surface area contributed by atoms with Crippen LogP contribution in [0.15, 0.2) is 94.3 Å². The summed E-state index contributed by atoms with van der Waals surface area (Å²) >= 11 is 3.36. The number of halogens is 1. The summed E-state index contributed by atoms with van der Waals surface area (Å²) in [5.41, 5.74) is 1.79. The smallest absolute Gasteiger partial charge is 0.261 e. The van der Waals surface area contributed by atoms with Crippen molar-refractivity contribution in [2.75, 3.05) is 4.72 Å². The average Bonchev–Trinajstić information content (AvgIpc) is 2.68. The zero-order chi connectivity index (χ0) is 19.3. The molecule has 0 aliphatic carbocycles. The van der Waals surface area contributed by atoms with Crippen LogP contribution in [0.5, 0.6) is 0 Å². The highest BCUT2D eigenvalue weighted by atomic mass is 79.9. The summed E-state index contributed by atoms with van der Waals surface area (Å²) in [6.07, 6.45) is 3.23. The Morgan fingerprint density at radius 2 is 1.48 bits per heavy atom. The summed E-state index contributed by atoms with van der Waals surface area (Å²) in [4.78, 5) is 12.5. The van der Waals surface area contributed by atoms with E-state index in [0.717, 1.165) is 10.0 Å². The molecule has 3 rings (SSSR count). The molecule has 27 heavy (non-hydrogen) atoms. The summed E-state index contributed by atoms with van der Waals surface area (Å²) in [7, 11) is -3.65. The number of carbonyl (C=O) groups is 1. The Labute approximate surface area is 166 Å². The second kappa shape index (κ2) is 8.33. The van der Waals surface area contributed by atoms with E-state index in [1.807, 2.05) is 24.3 Å². The maximum absolute atomic E-state index is 12.3. The summed E-state index contributed by atoms with van der Waals surface area (Å²) in [6, 6.07) is 22.0. The highest BCUT2D eigenvalue weighted by Crippen LogP contribution is 2.17. The zero-order valence-corrected chi connectivity index (χ0v) is 16.6. The molecule has 3 aromatic rings. The number of anilines is 1. The van der Waals surface area contributed by atoms with Crippen LogP contribution in [-0.4, -0.2) is 14.2 Å². The fraction of sp³-hybridized carbons (Fsp3) is 0. The van der Waals surface area contributed by atoms with E-state index in [9.17, 15) is 13.2 Å². The molecule has 0 saturated carbocycles. The molecule has 0 heterocycles. The van der Waals surface area contributed by atoms with Gasteiger partial charge in [0.25, 0.3) is 10.0 Å². The number of hydrogen-bond acceptors (Lipinski definition) is 3. The number of benzene rings is 3. The minimum atomic E-state index is -3.65. The molecule has 136 valence electrons. The monoisotopic (exact) mass is 441 g/mol. The summed E-state index contributed by atoms with van der Waals surface area (Å²) < 4.78 is 28.1. The van der Waals surface area contributed by atoms with Crippen molar-refractivity contribution >= 4 is 43.5 Å². The van der Waals surface area contributed by atoms with Gasteiger partial charge in [-0.2, -0.15) is 0 Å². The van der Waals surface area contributed by atoms with Gasteiger partial charge in [0.1, 0.15) is 0 Å². The van der Waals surface area contributed by atoms with E-state index < -0.39 is 10.0 Å². The predicted molar refractivity (Wildman–Crippen MR) is 111 cm³/mol. The molecule has 0 amide bonds. The Bertz CT molecular complexity index is 1060. The molecule has 1 N–H and O–H groups in total. The zero-order valence-electron chi connectivity index (χ0n) is 14.2. The van der Waals surface area contributed by atoms with Crippen molar-refractivity contribution in [1.29, 1.82) is 0 Å². The number of sulfonamides is 1. The second-order valence-corrected chi connectivity index (χ2v) is 8.34. The lowest BCUT2D eigenvalue weighted by atomic mass is 10.1. The van der Waals surface area contributed by atoms with E-state index in [4.69, 9.17) is 0 Å². The van der Waals surface area contributed by atoms with Gasteiger partial charge in [-0.05, 0) is 60.2 Å². The fourth-order valence-electron chi connectivity index (χ4n) is 2.36. The molecule has 0 aromatic heterocycles. The molecule has 0 atom stereocenters. The number of rotatable bonds is 6. The van der Waals surface area contributed by atoms with Gasteiger partial charge in [-0.3, -0.25) is 9.52 Å². The summed E-state index contributed by atoms with van der Waals surface area (Å²) in [5, 5.41) is 0. The van der Waals surface area contributed by atoms with Gasteiger partial charge in [0, 0.05) is 15.7 Å². The molecule has 0 fully saturated rings. The topological polar surface area (TPSA) is 63.2 Å². The standard InChI is InChI=1S/C21H16BrNO3S/c22-18-11-6-16(7-12-18)8-15-21(24)17-9-13-19(14-10-17)23-27(25,26)20-4-2-1-3-5-20/h1-15,23H/b15-8+. The Kier molecular flexibility index (Phi) is 5.88. The Hall–Kier alpha value is -2.70. The van der Waals surface area contributed by atoms with Crippen molar-refractivity contribution in [1.82, 2.24) is 0 Å². The minimum absolute atomic E-state index is 0.157. The van der Waals surface area contributed by atoms with Gasteiger partial charge in [0.05, 0.1) is 4.90 Å². The lowest BCUT2D eigenvalue weighted by molar-refractivity contribution is 0.104. The number of ketones is 1. The highest BCUT2D eigenvalue weighted by molar-refractivity contribution is 9.10. The Morgan fingerprint density at radius 3 is 2.11 bits per heavy atom. The first kappa shape index (κ1) is 19.1. The molecule has 0 aliphatic rings. The fourth-order valence-corrected chi connectivity index (χ4v) is 3.70. The van der Waals surface area contributed by atoms with E-state index in [0.29, 0.717) is 11.3 Å². The van der Waals surface area contributed by atoms with Gasteiger partial charge < -0.3 is 0 Å². The van der Waals surface area contributed by atoms with Crippen LogP contribution in [0.2, 0.25) is 0 Å². The number of carbonyl (C=O) groups excluding carboxylic acids is 1. The van der Waals surface area contributed by atoms with Crippen molar-refractivity contribution in [3.8, 4) is 0 Å². The maximum Gasteiger partial charge on any atom is 0.261 e. The van der Waals surface area contributed by atoms with Crippen LogP contribution in [0.3, 0.4) is 0 Å². The lowest BCUT2D eigenvalue weighted by Crippen LogP contribution is -2.12. The minimum Gasteiger partial charge on any atom is -0.289 e. The van der Waals surface area contributed by atoms with Crippen molar-refractivity contribution in [2.24, 2.45) is 0 Å². The van der Waals surface area contributed by atoms with Gasteiger partial charge in [-0.1, -0.05) is 52.3 Å². The van der Waals surface area contributed by atoms with Gasteiger partial charge in [0.15, 0.2) is 5.78 Å². The molecule has 0 spiro atoms. The van der Waals surface area contributed by atoms with Crippen molar-refractivity contribution in [3.05, 3.63) is 101 Å². The van der Waals surface area contributed by atoms with E-state index in [1.165, 1.54) is 18.2 Å². The molecule has 0 saturated heterocycles. The third-order valence-corrected chi connectivity index (χ3v) is 5.70. The second-order valence-electron chi connectivity index (χ2n) is 5.75. The lowest BCUT2D eigenvalue weighted by Gasteiger charge is -2.08. The van der Waals surface area contributed by atoms with Crippen LogP contribution in [-0.2, 0) is 10.0 Å². The molecule has 4 nitrogen and oxygen atoms in total. The van der Waals surface area contributed by atoms with Gasteiger partial charge in [0.2, 0.25) is 0 Å². The molecular weight excluding hydrogens is 426 g/mol. The van der Waals surface area contributed by atoms with Crippen molar-refractivity contribution < 1.29 is 13.2 Å².